The number of fused-ring (bicyclic) bond motifs is 1. The Morgan fingerprint density at radius 1 is 1.10 bits per heavy atom. The zero-order chi connectivity index (χ0) is 22.0. The van der Waals surface area contributed by atoms with E-state index in [4.69, 9.17) is 35.0 Å². The van der Waals surface area contributed by atoms with E-state index in [2.05, 4.69) is 10.2 Å². The average molecular weight is 463 g/mol. The summed E-state index contributed by atoms with van der Waals surface area (Å²) in [5.74, 6) is 1.09. The van der Waals surface area contributed by atoms with Gasteiger partial charge in [-0.2, -0.15) is 0 Å². The molecular weight excluding hydrogens is 448 g/mol. The average Bonchev–Trinajstić information content (AvgIpc) is 3.42. The van der Waals surface area contributed by atoms with Crippen molar-refractivity contribution >= 4 is 35.4 Å². The number of carbonyl (C=O) groups is 1. The summed E-state index contributed by atoms with van der Waals surface area (Å²) in [7, 11) is 3.05. The topological polar surface area (TPSA) is 113 Å². The number of halogens is 1. The lowest BCUT2D eigenvalue weighted by molar-refractivity contribution is -0.131. The van der Waals surface area contributed by atoms with Crippen LogP contribution in [0.15, 0.2) is 44.9 Å². The van der Waals surface area contributed by atoms with Crippen LogP contribution in [0.5, 0.6) is 23.0 Å². The SMILES string of the molecule is COc1cc(OC)cc(-c2nnc(S/C(=C\c3cc4c(cc3Cl)OCO4)C(=O)O)o2)c1. The van der Waals surface area contributed by atoms with Gasteiger partial charge < -0.3 is 28.5 Å². The summed E-state index contributed by atoms with van der Waals surface area (Å²) in [4.78, 5) is 11.7. The van der Waals surface area contributed by atoms with E-state index < -0.39 is 5.97 Å². The number of methoxy groups -OCH3 is 2. The van der Waals surface area contributed by atoms with Crippen LogP contribution >= 0.6 is 23.4 Å². The van der Waals surface area contributed by atoms with Gasteiger partial charge in [-0.15, -0.1) is 10.2 Å². The Kier molecular flexibility index (Phi) is 5.92. The summed E-state index contributed by atoms with van der Waals surface area (Å²) in [6.45, 7) is 0.0825. The Labute approximate surface area is 185 Å². The lowest BCUT2D eigenvalue weighted by Crippen LogP contribution is -1.97. The first kappa shape index (κ1) is 20.9. The largest absolute Gasteiger partial charge is 0.497 e. The van der Waals surface area contributed by atoms with Gasteiger partial charge >= 0.3 is 5.97 Å². The Balaban J connectivity index is 1.62. The maximum Gasteiger partial charge on any atom is 0.342 e. The van der Waals surface area contributed by atoms with Crippen molar-refractivity contribution in [2.45, 2.75) is 5.22 Å². The van der Waals surface area contributed by atoms with Crippen LogP contribution in [-0.4, -0.2) is 42.3 Å². The number of benzene rings is 2. The smallest absolute Gasteiger partial charge is 0.342 e. The maximum absolute atomic E-state index is 11.8. The van der Waals surface area contributed by atoms with Crippen molar-refractivity contribution in [3.05, 3.63) is 45.8 Å². The van der Waals surface area contributed by atoms with Crippen LogP contribution in [-0.2, 0) is 4.79 Å². The van der Waals surface area contributed by atoms with Gasteiger partial charge in [-0.3, -0.25) is 0 Å². The van der Waals surface area contributed by atoms with Crippen molar-refractivity contribution in [2.24, 2.45) is 0 Å². The van der Waals surface area contributed by atoms with Crippen LogP contribution in [0.3, 0.4) is 0 Å². The van der Waals surface area contributed by atoms with Crippen LogP contribution in [0.2, 0.25) is 5.02 Å². The molecular formula is C20H15ClN2O7S. The monoisotopic (exact) mass is 462 g/mol. The lowest BCUT2D eigenvalue weighted by atomic mass is 10.2. The van der Waals surface area contributed by atoms with Crippen LogP contribution in [0.4, 0.5) is 0 Å². The molecule has 2 heterocycles. The van der Waals surface area contributed by atoms with Gasteiger partial charge in [0.05, 0.1) is 19.2 Å². The van der Waals surface area contributed by atoms with Gasteiger partial charge in [0.25, 0.3) is 5.22 Å². The van der Waals surface area contributed by atoms with Crippen molar-refractivity contribution < 1.29 is 33.3 Å². The van der Waals surface area contributed by atoms with Crippen molar-refractivity contribution in [3.63, 3.8) is 0 Å². The number of carboxylic acids is 1. The quantitative estimate of drug-likeness (QED) is 0.401. The second kappa shape index (κ2) is 8.78. The zero-order valence-corrected chi connectivity index (χ0v) is 17.8. The standard InChI is InChI=1S/C20H15ClN2O7S/c1-26-12-3-11(4-13(7-12)27-2)18-22-23-20(30-18)31-17(19(24)25)6-10-5-15-16(8-14(10)21)29-9-28-15/h3-8H,9H2,1-2H3,(H,24,25)/b17-6-. The molecule has 2 aromatic carbocycles. The highest BCUT2D eigenvalue weighted by Crippen LogP contribution is 2.39. The number of ether oxygens (including phenoxy) is 4. The summed E-state index contributed by atoms with van der Waals surface area (Å²) in [5, 5.41) is 17.9. The fourth-order valence-corrected chi connectivity index (χ4v) is 3.58. The second-order valence-electron chi connectivity index (χ2n) is 6.12. The number of aromatic nitrogens is 2. The van der Waals surface area contributed by atoms with Crippen molar-refractivity contribution in [3.8, 4) is 34.5 Å². The molecule has 3 aromatic rings. The molecule has 0 saturated heterocycles. The maximum atomic E-state index is 11.8. The Hall–Kier alpha value is -3.37. The molecule has 0 saturated carbocycles. The van der Waals surface area contributed by atoms with Gasteiger partial charge in [-0.25, -0.2) is 4.79 Å². The first-order chi connectivity index (χ1) is 15.0. The van der Waals surface area contributed by atoms with E-state index in [0.29, 0.717) is 39.1 Å². The molecule has 11 heteroatoms. The molecule has 0 radical (unpaired) electrons. The van der Waals surface area contributed by atoms with E-state index in [-0.39, 0.29) is 22.8 Å². The summed E-state index contributed by atoms with van der Waals surface area (Å²) in [6, 6.07) is 8.28. The summed E-state index contributed by atoms with van der Waals surface area (Å²) in [5.41, 5.74) is 1.02. The van der Waals surface area contributed by atoms with E-state index in [1.54, 1.807) is 30.3 Å². The Bertz CT molecular complexity index is 1160. The molecule has 160 valence electrons. The normalized spacial score (nSPS) is 12.7. The van der Waals surface area contributed by atoms with Gasteiger partial charge in [-0.05, 0) is 41.6 Å². The van der Waals surface area contributed by atoms with E-state index >= 15 is 0 Å². The van der Waals surface area contributed by atoms with Crippen LogP contribution in [0.1, 0.15) is 5.56 Å². The van der Waals surface area contributed by atoms with E-state index in [0.717, 1.165) is 11.8 Å². The number of hydrogen-bond donors (Lipinski definition) is 1. The van der Waals surface area contributed by atoms with Crippen molar-refractivity contribution in [1.82, 2.24) is 10.2 Å². The molecule has 1 N–H and O–H groups in total. The molecule has 0 unspecified atom stereocenters. The Morgan fingerprint density at radius 2 is 1.77 bits per heavy atom. The van der Waals surface area contributed by atoms with Crippen molar-refractivity contribution in [1.29, 1.82) is 0 Å². The molecule has 0 amide bonds. The summed E-state index contributed by atoms with van der Waals surface area (Å²) < 4.78 is 26.7. The fraction of sp³-hybridized carbons (Fsp3) is 0.150. The second-order valence-corrected chi connectivity index (χ2v) is 7.52. The van der Waals surface area contributed by atoms with Gasteiger partial charge in [0.1, 0.15) is 16.4 Å². The minimum atomic E-state index is -1.18. The van der Waals surface area contributed by atoms with E-state index in [9.17, 15) is 9.90 Å². The number of thioether (sulfide) groups is 1. The number of carboxylic acid groups (broad SMARTS) is 1. The fourth-order valence-electron chi connectivity index (χ4n) is 2.71. The minimum absolute atomic E-state index is 0.0438. The van der Waals surface area contributed by atoms with Crippen molar-refractivity contribution in [2.75, 3.05) is 21.0 Å². The van der Waals surface area contributed by atoms with Gasteiger partial charge in [0.15, 0.2) is 11.5 Å². The highest BCUT2D eigenvalue weighted by molar-refractivity contribution is 8.03. The van der Waals surface area contributed by atoms with E-state index in [1.807, 2.05) is 0 Å². The first-order valence-corrected chi connectivity index (χ1v) is 9.95. The summed E-state index contributed by atoms with van der Waals surface area (Å²) in [6.07, 6.45) is 1.40. The molecule has 1 aliphatic heterocycles. The predicted octanol–water partition coefficient (Wildman–Crippen LogP) is 4.35. The van der Waals surface area contributed by atoms with Crippen LogP contribution in [0, 0.1) is 0 Å². The third-order valence-corrected chi connectivity index (χ3v) is 5.37. The van der Waals surface area contributed by atoms with Crippen LogP contribution < -0.4 is 18.9 Å². The molecule has 4 rings (SSSR count). The number of hydrogen-bond acceptors (Lipinski definition) is 9. The molecule has 0 spiro atoms. The molecule has 1 aliphatic rings. The third kappa shape index (κ3) is 4.54. The lowest BCUT2D eigenvalue weighted by Gasteiger charge is -2.05. The number of nitrogens with zero attached hydrogens (tertiary/aromatic N) is 2. The zero-order valence-electron chi connectivity index (χ0n) is 16.2. The molecule has 9 nitrogen and oxygen atoms in total. The molecule has 0 atom stereocenters. The summed E-state index contributed by atoms with van der Waals surface area (Å²) >= 11 is 7.04. The van der Waals surface area contributed by atoms with Gasteiger partial charge in [-0.1, -0.05) is 11.6 Å². The predicted molar refractivity (Wildman–Crippen MR) is 112 cm³/mol. The highest BCUT2D eigenvalue weighted by Gasteiger charge is 2.20. The first-order valence-electron chi connectivity index (χ1n) is 8.75. The Morgan fingerprint density at radius 3 is 2.42 bits per heavy atom. The minimum Gasteiger partial charge on any atom is -0.497 e. The highest BCUT2D eigenvalue weighted by atomic mass is 35.5. The molecule has 0 fully saturated rings. The third-order valence-electron chi connectivity index (χ3n) is 4.19. The number of aliphatic carboxylic acids is 1. The molecule has 0 bridgehead atoms. The molecule has 31 heavy (non-hydrogen) atoms. The van der Waals surface area contributed by atoms with Gasteiger partial charge in [0, 0.05) is 17.7 Å². The van der Waals surface area contributed by atoms with E-state index in [1.165, 1.54) is 20.3 Å². The van der Waals surface area contributed by atoms with Crippen LogP contribution in [0.25, 0.3) is 17.5 Å². The molecule has 0 aliphatic carbocycles. The number of rotatable bonds is 7. The van der Waals surface area contributed by atoms with Gasteiger partial charge in [0.2, 0.25) is 12.7 Å². The molecule has 1 aromatic heterocycles.